The molecule has 3 aromatic heterocycles. The summed E-state index contributed by atoms with van der Waals surface area (Å²) in [5.74, 6) is 0. The molecule has 0 atom stereocenters. The van der Waals surface area contributed by atoms with E-state index >= 15 is 0 Å². The molecule has 45 heavy (non-hydrogen) atoms. The fourth-order valence-corrected chi connectivity index (χ4v) is 9.20. The molecule has 0 fully saturated rings. The van der Waals surface area contributed by atoms with E-state index < -0.39 is 0 Å². The lowest BCUT2D eigenvalue weighted by molar-refractivity contribution is 0.669. The van der Waals surface area contributed by atoms with Gasteiger partial charge in [-0.25, -0.2) is 0 Å². The van der Waals surface area contributed by atoms with Gasteiger partial charge in [-0.15, -0.1) is 11.3 Å². The number of para-hydroxylation sites is 2. The van der Waals surface area contributed by atoms with Crippen LogP contribution in [0.4, 0.5) is 0 Å². The van der Waals surface area contributed by atoms with Crippen molar-refractivity contribution in [1.29, 1.82) is 0 Å². The first kappa shape index (κ1) is 23.8. The van der Waals surface area contributed by atoms with Crippen LogP contribution in [-0.4, -0.2) is 4.57 Å². The van der Waals surface area contributed by atoms with Crippen LogP contribution in [0.2, 0.25) is 0 Å². The van der Waals surface area contributed by atoms with E-state index in [4.69, 9.17) is 4.42 Å². The Balaban J connectivity index is 1.47. The minimum absolute atomic E-state index is 0.913. The van der Waals surface area contributed by atoms with Crippen LogP contribution in [0, 0.1) is 0 Å². The largest absolute Gasteiger partial charge is 0.456 e. The van der Waals surface area contributed by atoms with Crippen molar-refractivity contribution in [2.24, 2.45) is 0 Å². The predicted molar refractivity (Wildman–Crippen MR) is 193 cm³/mol. The molecule has 3 heteroatoms. The van der Waals surface area contributed by atoms with Gasteiger partial charge in [-0.2, -0.15) is 0 Å². The lowest BCUT2D eigenvalue weighted by Gasteiger charge is -2.15. The van der Waals surface area contributed by atoms with E-state index in [0.717, 1.165) is 27.6 Å². The zero-order chi connectivity index (χ0) is 29.2. The Morgan fingerprint density at radius 1 is 0.422 bits per heavy atom. The molecule has 0 amide bonds. The van der Waals surface area contributed by atoms with Gasteiger partial charge in [0.25, 0.3) is 0 Å². The van der Waals surface area contributed by atoms with E-state index in [1.807, 2.05) is 17.4 Å². The van der Waals surface area contributed by atoms with E-state index in [0.29, 0.717) is 0 Å². The lowest BCUT2D eigenvalue weighted by Crippen LogP contribution is -1.94. The summed E-state index contributed by atoms with van der Waals surface area (Å²) in [6.07, 6.45) is 0. The van der Waals surface area contributed by atoms with Crippen molar-refractivity contribution in [3.8, 4) is 5.69 Å². The first-order valence-electron chi connectivity index (χ1n) is 15.4. The van der Waals surface area contributed by atoms with Gasteiger partial charge in [-0.1, -0.05) is 103 Å². The van der Waals surface area contributed by atoms with E-state index in [2.05, 4.69) is 138 Å². The summed E-state index contributed by atoms with van der Waals surface area (Å²) < 4.78 is 11.4. The van der Waals surface area contributed by atoms with Gasteiger partial charge in [0.05, 0.1) is 15.7 Å². The maximum absolute atomic E-state index is 6.25. The maximum Gasteiger partial charge on any atom is 0.135 e. The van der Waals surface area contributed by atoms with Gasteiger partial charge in [0.2, 0.25) is 0 Å². The third-order valence-electron chi connectivity index (χ3n) is 9.74. The number of rotatable bonds is 1. The van der Waals surface area contributed by atoms with Crippen molar-refractivity contribution in [2.75, 3.05) is 0 Å². The summed E-state index contributed by atoms with van der Waals surface area (Å²) in [7, 11) is 0. The lowest BCUT2D eigenvalue weighted by atomic mass is 9.89. The minimum atomic E-state index is 0.913. The Labute approximate surface area is 260 Å². The molecule has 0 aliphatic carbocycles. The van der Waals surface area contributed by atoms with Crippen molar-refractivity contribution in [3.63, 3.8) is 0 Å². The molecule has 8 aromatic carbocycles. The van der Waals surface area contributed by atoms with Crippen molar-refractivity contribution >= 4 is 108 Å². The highest BCUT2D eigenvalue weighted by molar-refractivity contribution is 7.27. The Hall–Kier alpha value is -5.64. The van der Waals surface area contributed by atoms with Gasteiger partial charge >= 0.3 is 0 Å². The molecule has 0 unspecified atom stereocenters. The molecule has 0 radical (unpaired) electrons. The summed E-state index contributed by atoms with van der Waals surface area (Å²) in [6.45, 7) is 0. The molecule has 0 bridgehead atoms. The monoisotopic (exact) mass is 589 g/mol. The highest BCUT2D eigenvalue weighted by atomic mass is 32.1. The molecular formula is C42H23NOS. The van der Waals surface area contributed by atoms with Crippen LogP contribution in [0.1, 0.15) is 0 Å². The SMILES string of the molecule is c1ccc2c(c1)oc1ccc(-n3c4ccccc4c4c5c6ccccc6c6ccccc6c5c5c6ccccc6sc5c43)cc12. The summed E-state index contributed by atoms with van der Waals surface area (Å²) in [6, 6.07) is 50.8. The number of aromatic nitrogens is 1. The molecule has 0 N–H and O–H groups in total. The molecular weight excluding hydrogens is 567 g/mol. The van der Waals surface area contributed by atoms with E-state index in [1.165, 1.54) is 74.3 Å². The normalized spacial score (nSPS) is 12.4. The van der Waals surface area contributed by atoms with Crippen LogP contribution in [0.25, 0.3) is 102 Å². The van der Waals surface area contributed by atoms with Crippen LogP contribution in [0.15, 0.2) is 144 Å². The number of benzene rings is 8. The van der Waals surface area contributed by atoms with Crippen LogP contribution >= 0.6 is 11.3 Å². The molecule has 0 aliphatic rings. The minimum Gasteiger partial charge on any atom is -0.456 e. The highest BCUT2D eigenvalue weighted by Crippen LogP contribution is 2.51. The van der Waals surface area contributed by atoms with Crippen molar-refractivity contribution < 1.29 is 4.42 Å². The number of hydrogen-bond acceptors (Lipinski definition) is 2. The molecule has 3 heterocycles. The zero-order valence-electron chi connectivity index (χ0n) is 24.0. The topological polar surface area (TPSA) is 18.1 Å². The highest BCUT2D eigenvalue weighted by Gasteiger charge is 2.24. The molecule has 0 saturated heterocycles. The van der Waals surface area contributed by atoms with Gasteiger partial charge < -0.3 is 8.98 Å². The Bertz CT molecular complexity index is 3050. The van der Waals surface area contributed by atoms with Gasteiger partial charge in [-0.3, -0.25) is 0 Å². The van der Waals surface area contributed by atoms with Gasteiger partial charge in [0.1, 0.15) is 11.2 Å². The molecule has 0 spiro atoms. The molecule has 0 aliphatic heterocycles. The first-order valence-corrected chi connectivity index (χ1v) is 16.2. The number of furan rings is 1. The molecule has 11 rings (SSSR count). The number of thiophene rings is 1. The summed E-state index contributed by atoms with van der Waals surface area (Å²) >= 11 is 1.91. The fraction of sp³-hybridized carbons (Fsp3) is 0. The van der Waals surface area contributed by atoms with Gasteiger partial charge in [0.15, 0.2) is 0 Å². The predicted octanol–water partition coefficient (Wildman–Crippen LogP) is 12.5. The Kier molecular flexibility index (Phi) is 4.49. The number of fused-ring (bicyclic) bond motifs is 18. The molecule has 11 aromatic rings. The maximum atomic E-state index is 6.25. The van der Waals surface area contributed by atoms with Crippen molar-refractivity contribution in [2.45, 2.75) is 0 Å². The molecule has 208 valence electrons. The smallest absolute Gasteiger partial charge is 0.135 e. The van der Waals surface area contributed by atoms with Crippen molar-refractivity contribution in [3.05, 3.63) is 140 Å². The molecule has 0 saturated carbocycles. The average molecular weight is 590 g/mol. The average Bonchev–Trinajstić information content (AvgIpc) is 3.78. The number of hydrogen-bond donors (Lipinski definition) is 0. The van der Waals surface area contributed by atoms with Gasteiger partial charge in [0, 0.05) is 53.5 Å². The Morgan fingerprint density at radius 2 is 1.00 bits per heavy atom. The zero-order valence-corrected chi connectivity index (χ0v) is 24.9. The van der Waals surface area contributed by atoms with Crippen LogP contribution < -0.4 is 0 Å². The van der Waals surface area contributed by atoms with E-state index in [1.54, 1.807) is 0 Å². The molecule has 2 nitrogen and oxygen atoms in total. The van der Waals surface area contributed by atoms with Crippen LogP contribution in [-0.2, 0) is 0 Å². The number of nitrogens with zero attached hydrogens (tertiary/aromatic N) is 1. The quantitative estimate of drug-likeness (QED) is 0.174. The summed E-state index contributed by atoms with van der Waals surface area (Å²) in [5, 5.41) is 15.4. The van der Waals surface area contributed by atoms with E-state index in [-0.39, 0.29) is 0 Å². The van der Waals surface area contributed by atoms with Crippen molar-refractivity contribution in [1.82, 2.24) is 4.57 Å². The second-order valence-electron chi connectivity index (χ2n) is 12.0. The van der Waals surface area contributed by atoms with Crippen LogP contribution in [0.5, 0.6) is 0 Å². The Morgan fingerprint density at radius 3 is 1.78 bits per heavy atom. The van der Waals surface area contributed by atoms with E-state index in [9.17, 15) is 0 Å². The third-order valence-corrected chi connectivity index (χ3v) is 10.9. The standard InChI is InChI=1S/C42H23NOS/c1-3-14-28-25(11-1)26-12-2-4-15-29(26)38-37(28)39-30-16-5-8-18-33(30)43(41(39)42-40(38)31-17-7-10-20-36(31)45-42)24-21-22-35-32(23-24)27-13-6-9-19-34(27)44-35/h1-23H. The summed E-state index contributed by atoms with van der Waals surface area (Å²) in [4.78, 5) is 0. The summed E-state index contributed by atoms with van der Waals surface area (Å²) in [5.41, 5.74) is 5.46. The first-order chi connectivity index (χ1) is 22.3. The second kappa shape index (κ2) is 8.50. The van der Waals surface area contributed by atoms with Crippen LogP contribution in [0.3, 0.4) is 0 Å². The fourth-order valence-electron chi connectivity index (χ4n) is 7.95. The second-order valence-corrected chi connectivity index (χ2v) is 13.1. The third kappa shape index (κ3) is 2.98. The van der Waals surface area contributed by atoms with Gasteiger partial charge in [-0.05, 0) is 57.9 Å².